The summed E-state index contributed by atoms with van der Waals surface area (Å²) in [6, 6.07) is 5.92. The summed E-state index contributed by atoms with van der Waals surface area (Å²) in [5.41, 5.74) is 0.586. The molecule has 1 heterocycles. The first kappa shape index (κ1) is 14.5. The van der Waals surface area contributed by atoms with Crippen LogP contribution in [0.4, 0.5) is 14.5 Å². The molecule has 2 rings (SSSR count). The molecule has 1 N–H and O–H groups in total. The number of carbonyl (C=O) groups excluding carboxylic acids is 1. The van der Waals surface area contributed by atoms with Gasteiger partial charge >= 0.3 is 6.61 Å². The van der Waals surface area contributed by atoms with Crippen molar-refractivity contribution in [2.24, 2.45) is 0 Å². The molecule has 1 fully saturated rings. The first-order chi connectivity index (χ1) is 9.15. The Morgan fingerprint density at radius 1 is 1.32 bits per heavy atom. The second kappa shape index (κ2) is 7.00. The fourth-order valence-corrected chi connectivity index (χ4v) is 4.14. The van der Waals surface area contributed by atoms with Crippen molar-refractivity contribution in [1.29, 1.82) is 0 Å². The van der Waals surface area contributed by atoms with E-state index in [1.54, 1.807) is 35.7 Å². The van der Waals surface area contributed by atoms with Crippen molar-refractivity contribution in [1.82, 2.24) is 0 Å². The molecule has 19 heavy (non-hydrogen) atoms. The van der Waals surface area contributed by atoms with E-state index >= 15 is 0 Å². The minimum absolute atomic E-state index is 0.0419. The van der Waals surface area contributed by atoms with Crippen LogP contribution in [0.1, 0.15) is 0 Å². The molecule has 1 aliphatic heterocycles. The second-order valence-electron chi connectivity index (χ2n) is 3.83. The van der Waals surface area contributed by atoms with Crippen molar-refractivity contribution in [3.8, 4) is 5.75 Å². The maximum absolute atomic E-state index is 12.0. The number of hydrogen-bond donors (Lipinski definition) is 1. The Labute approximate surface area is 118 Å². The molecule has 1 aromatic rings. The van der Waals surface area contributed by atoms with Gasteiger partial charge in [-0.15, -0.1) is 11.8 Å². The van der Waals surface area contributed by atoms with E-state index in [0.29, 0.717) is 5.69 Å². The maximum Gasteiger partial charge on any atom is 0.387 e. The van der Waals surface area contributed by atoms with Gasteiger partial charge in [-0.05, 0) is 24.3 Å². The Morgan fingerprint density at radius 2 is 2.05 bits per heavy atom. The molecule has 0 radical (unpaired) electrons. The van der Waals surface area contributed by atoms with Crippen LogP contribution in [-0.2, 0) is 4.79 Å². The number of anilines is 1. The van der Waals surface area contributed by atoms with Crippen molar-refractivity contribution in [2.45, 2.75) is 11.9 Å². The zero-order valence-electron chi connectivity index (χ0n) is 9.97. The van der Waals surface area contributed by atoms with Gasteiger partial charge in [-0.1, -0.05) is 0 Å². The van der Waals surface area contributed by atoms with Crippen LogP contribution in [-0.4, -0.2) is 35.0 Å². The number of carbonyl (C=O) groups is 1. The van der Waals surface area contributed by atoms with Crippen molar-refractivity contribution in [3.05, 3.63) is 24.3 Å². The molecule has 0 bridgehead atoms. The number of thioether (sulfide) groups is 2. The molecule has 104 valence electrons. The zero-order valence-corrected chi connectivity index (χ0v) is 11.6. The fraction of sp³-hybridized carbons (Fsp3) is 0.417. The van der Waals surface area contributed by atoms with E-state index in [1.807, 2.05) is 0 Å². The second-order valence-corrected chi connectivity index (χ2v) is 6.29. The lowest BCUT2D eigenvalue weighted by molar-refractivity contribution is -0.115. The van der Waals surface area contributed by atoms with Crippen LogP contribution in [0.3, 0.4) is 0 Å². The first-order valence-corrected chi connectivity index (χ1v) is 7.90. The molecule has 7 heteroatoms. The lowest BCUT2D eigenvalue weighted by Gasteiger charge is -2.20. The molecule has 1 amide bonds. The van der Waals surface area contributed by atoms with Crippen LogP contribution in [0, 0.1) is 0 Å². The lowest BCUT2D eigenvalue weighted by Crippen LogP contribution is -2.30. The fourth-order valence-electron chi connectivity index (χ4n) is 1.58. The highest BCUT2D eigenvalue weighted by atomic mass is 32.2. The van der Waals surface area contributed by atoms with Crippen molar-refractivity contribution >= 4 is 35.1 Å². The van der Waals surface area contributed by atoms with Crippen LogP contribution in [0.15, 0.2) is 24.3 Å². The van der Waals surface area contributed by atoms with E-state index in [1.165, 1.54) is 12.1 Å². The predicted molar refractivity (Wildman–Crippen MR) is 75.3 cm³/mol. The number of alkyl halides is 2. The summed E-state index contributed by atoms with van der Waals surface area (Å²) in [4.78, 5) is 11.9. The number of amides is 1. The minimum atomic E-state index is -2.84. The third-order valence-corrected chi connectivity index (χ3v) is 5.21. The summed E-state index contributed by atoms with van der Waals surface area (Å²) in [5.74, 6) is 2.90. The van der Waals surface area contributed by atoms with Gasteiger partial charge in [-0.3, -0.25) is 4.79 Å². The summed E-state index contributed by atoms with van der Waals surface area (Å²) in [7, 11) is 0. The van der Waals surface area contributed by atoms with Gasteiger partial charge in [-0.25, -0.2) is 0 Å². The van der Waals surface area contributed by atoms with Crippen LogP contribution in [0.5, 0.6) is 5.75 Å². The van der Waals surface area contributed by atoms with Gasteiger partial charge in [0.1, 0.15) is 5.75 Å². The predicted octanol–water partition coefficient (Wildman–Crippen LogP) is 3.08. The topological polar surface area (TPSA) is 38.3 Å². The Morgan fingerprint density at radius 3 is 2.63 bits per heavy atom. The highest BCUT2D eigenvalue weighted by molar-refractivity contribution is 8.07. The van der Waals surface area contributed by atoms with E-state index < -0.39 is 6.61 Å². The Bertz CT molecular complexity index is 422. The minimum Gasteiger partial charge on any atom is -0.435 e. The van der Waals surface area contributed by atoms with Gasteiger partial charge in [0, 0.05) is 22.9 Å². The third kappa shape index (κ3) is 4.58. The van der Waals surface area contributed by atoms with Gasteiger partial charge in [0.25, 0.3) is 0 Å². The van der Waals surface area contributed by atoms with Crippen molar-refractivity contribution in [3.63, 3.8) is 0 Å². The van der Waals surface area contributed by atoms with E-state index in [9.17, 15) is 13.6 Å². The first-order valence-electron chi connectivity index (χ1n) is 5.70. The summed E-state index contributed by atoms with van der Waals surface area (Å²) >= 11 is 3.41. The summed E-state index contributed by atoms with van der Waals surface area (Å²) in [6.45, 7) is -2.84. The zero-order chi connectivity index (χ0) is 13.7. The Balaban J connectivity index is 1.89. The quantitative estimate of drug-likeness (QED) is 0.928. The van der Waals surface area contributed by atoms with E-state index in [2.05, 4.69) is 10.1 Å². The highest BCUT2D eigenvalue weighted by Gasteiger charge is 2.22. The summed E-state index contributed by atoms with van der Waals surface area (Å²) in [6.07, 6.45) is 0. The highest BCUT2D eigenvalue weighted by Crippen LogP contribution is 2.25. The molecule has 1 aliphatic rings. The smallest absolute Gasteiger partial charge is 0.387 e. The Hall–Kier alpha value is -0.950. The SMILES string of the molecule is O=C(Nc1ccc(OC(F)F)cc1)C1CSCCS1. The number of halogens is 2. The van der Waals surface area contributed by atoms with Gasteiger partial charge < -0.3 is 10.1 Å². The van der Waals surface area contributed by atoms with Crippen LogP contribution in [0.2, 0.25) is 0 Å². The number of nitrogens with one attached hydrogen (secondary N) is 1. The molecule has 0 aliphatic carbocycles. The molecule has 1 aromatic carbocycles. The number of rotatable bonds is 4. The van der Waals surface area contributed by atoms with Crippen molar-refractivity contribution < 1.29 is 18.3 Å². The van der Waals surface area contributed by atoms with Crippen molar-refractivity contribution in [2.75, 3.05) is 22.6 Å². The molecule has 1 saturated heterocycles. The Kier molecular flexibility index (Phi) is 5.33. The standard InChI is InChI=1S/C12H13F2NO2S2/c13-12(14)17-9-3-1-8(2-4-9)15-11(16)10-7-18-5-6-19-10/h1-4,10,12H,5-7H2,(H,15,16). The van der Waals surface area contributed by atoms with Crippen LogP contribution >= 0.6 is 23.5 Å². The lowest BCUT2D eigenvalue weighted by atomic mass is 10.3. The number of hydrogen-bond acceptors (Lipinski definition) is 4. The summed E-state index contributed by atoms with van der Waals surface area (Å²) in [5, 5.41) is 2.73. The average Bonchev–Trinajstić information content (AvgIpc) is 2.41. The molecule has 1 unspecified atom stereocenters. The van der Waals surface area contributed by atoms with E-state index in [-0.39, 0.29) is 16.9 Å². The van der Waals surface area contributed by atoms with E-state index in [0.717, 1.165) is 17.3 Å². The molecule has 1 atom stereocenters. The van der Waals surface area contributed by atoms with Crippen LogP contribution < -0.4 is 10.1 Å². The normalized spacial score (nSPS) is 19.2. The molecular weight excluding hydrogens is 292 g/mol. The monoisotopic (exact) mass is 305 g/mol. The van der Waals surface area contributed by atoms with Gasteiger partial charge in [-0.2, -0.15) is 20.5 Å². The number of ether oxygens (including phenoxy) is 1. The van der Waals surface area contributed by atoms with Gasteiger partial charge in [0.2, 0.25) is 5.91 Å². The molecule has 0 aromatic heterocycles. The average molecular weight is 305 g/mol. The summed E-state index contributed by atoms with van der Waals surface area (Å²) < 4.78 is 28.2. The molecule has 3 nitrogen and oxygen atoms in total. The maximum atomic E-state index is 12.0. The number of benzene rings is 1. The molecule has 0 saturated carbocycles. The van der Waals surface area contributed by atoms with Gasteiger partial charge in [0.05, 0.1) is 5.25 Å². The third-order valence-electron chi connectivity index (χ3n) is 2.46. The van der Waals surface area contributed by atoms with E-state index in [4.69, 9.17) is 0 Å². The molecular formula is C12H13F2NO2S2. The van der Waals surface area contributed by atoms with Crippen LogP contribution in [0.25, 0.3) is 0 Å². The van der Waals surface area contributed by atoms with Gasteiger partial charge in [0.15, 0.2) is 0 Å². The molecule has 0 spiro atoms. The largest absolute Gasteiger partial charge is 0.435 e.